The van der Waals surface area contributed by atoms with Gasteiger partial charge in [-0.1, -0.05) is 11.6 Å². The lowest BCUT2D eigenvalue weighted by molar-refractivity contribution is -0.138. The highest BCUT2D eigenvalue weighted by atomic mass is 35.5. The highest BCUT2D eigenvalue weighted by molar-refractivity contribution is 6.32. The fourth-order valence-corrected chi connectivity index (χ4v) is 2.78. The molecule has 0 aliphatic rings. The Balaban J connectivity index is 2.25. The molecule has 5 nitrogen and oxygen atoms in total. The predicted molar refractivity (Wildman–Crippen MR) is 97.3 cm³/mol. The van der Waals surface area contributed by atoms with E-state index in [1.54, 1.807) is 0 Å². The van der Waals surface area contributed by atoms with Gasteiger partial charge in [-0.15, -0.1) is 0 Å². The molecule has 29 heavy (non-hydrogen) atoms. The molecule has 0 fully saturated rings. The number of hydrogen-bond acceptors (Lipinski definition) is 5. The summed E-state index contributed by atoms with van der Waals surface area (Å²) in [6.07, 6.45) is -0.673. The van der Waals surface area contributed by atoms with Crippen molar-refractivity contribution in [3.8, 4) is 22.6 Å². The minimum atomic E-state index is -4.65. The molecule has 152 valence electrons. The van der Waals surface area contributed by atoms with Crippen molar-refractivity contribution in [2.45, 2.75) is 26.1 Å². The topological polar surface area (TPSA) is 63.6 Å². The molecule has 3 aromatic rings. The van der Waals surface area contributed by atoms with Crippen LogP contribution in [0.3, 0.4) is 0 Å². The van der Waals surface area contributed by atoms with E-state index in [2.05, 4.69) is 25.3 Å². The quantitative estimate of drug-likeness (QED) is 0.456. The summed E-state index contributed by atoms with van der Waals surface area (Å²) in [6.45, 7) is 2.31. The first-order valence-electron chi connectivity index (χ1n) is 8.21. The summed E-state index contributed by atoms with van der Waals surface area (Å²) < 4.78 is 68.3. The van der Waals surface area contributed by atoms with E-state index in [0.29, 0.717) is 0 Å². The molecule has 2 heterocycles. The first-order chi connectivity index (χ1) is 13.6. The van der Waals surface area contributed by atoms with Gasteiger partial charge < -0.3 is 5.32 Å². The Morgan fingerprint density at radius 2 is 1.69 bits per heavy atom. The van der Waals surface area contributed by atoms with Gasteiger partial charge in [0.25, 0.3) is 0 Å². The van der Waals surface area contributed by atoms with Crippen LogP contribution in [0, 0.1) is 18.6 Å². The fourth-order valence-electron chi connectivity index (χ4n) is 2.51. The molecule has 1 atom stereocenters. The van der Waals surface area contributed by atoms with Crippen molar-refractivity contribution in [2.24, 2.45) is 0 Å². The van der Waals surface area contributed by atoms with Gasteiger partial charge in [-0.2, -0.15) is 13.2 Å². The van der Waals surface area contributed by atoms with Gasteiger partial charge in [0.05, 0.1) is 17.3 Å². The normalized spacial score (nSPS) is 12.7. The minimum Gasteiger partial charge on any atom is -0.358 e. The molecular formula is C18H13ClF5N5. The molecule has 0 saturated carbocycles. The van der Waals surface area contributed by atoms with Crippen LogP contribution in [-0.2, 0) is 0 Å². The van der Waals surface area contributed by atoms with Gasteiger partial charge in [0.15, 0.2) is 5.82 Å². The van der Waals surface area contributed by atoms with Gasteiger partial charge in [-0.05, 0) is 31.5 Å². The van der Waals surface area contributed by atoms with Crippen LogP contribution in [-0.4, -0.2) is 32.2 Å². The first kappa shape index (κ1) is 20.8. The van der Waals surface area contributed by atoms with E-state index in [9.17, 15) is 22.0 Å². The highest BCUT2D eigenvalue weighted by Crippen LogP contribution is 2.39. The largest absolute Gasteiger partial charge is 0.408 e. The number of nitrogens with zero attached hydrogens (tertiary/aromatic N) is 4. The smallest absolute Gasteiger partial charge is 0.358 e. The van der Waals surface area contributed by atoms with Gasteiger partial charge in [0, 0.05) is 12.4 Å². The Morgan fingerprint density at radius 1 is 1.03 bits per heavy atom. The summed E-state index contributed by atoms with van der Waals surface area (Å²) in [5.74, 6) is -2.67. The summed E-state index contributed by atoms with van der Waals surface area (Å²) in [5, 5.41) is 1.68. The fraction of sp³-hybridized carbons (Fsp3) is 0.222. The van der Waals surface area contributed by atoms with Crippen LogP contribution >= 0.6 is 11.6 Å². The Bertz CT molecular complexity index is 1020. The zero-order chi connectivity index (χ0) is 21.3. The highest BCUT2D eigenvalue weighted by Gasteiger charge is 2.37. The van der Waals surface area contributed by atoms with E-state index in [1.165, 1.54) is 25.5 Å². The van der Waals surface area contributed by atoms with Crippen LogP contribution in [0.2, 0.25) is 5.15 Å². The molecule has 0 bridgehead atoms. The van der Waals surface area contributed by atoms with Crippen molar-refractivity contribution in [1.82, 2.24) is 19.9 Å². The van der Waals surface area contributed by atoms with Crippen LogP contribution in [0.1, 0.15) is 12.5 Å². The molecule has 11 heteroatoms. The van der Waals surface area contributed by atoms with E-state index in [-0.39, 0.29) is 17.1 Å². The molecular weight excluding hydrogens is 417 g/mol. The molecule has 0 saturated heterocycles. The lowest BCUT2D eigenvalue weighted by Gasteiger charge is -2.21. The van der Waals surface area contributed by atoms with Crippen LogP contribution in [0.25, 0.3) is 22.6 Å². The predicted octanol–water partition coefficient (Wildman–Crippen LogP) is 5.20. The van der Waals surface area contributed by atoms with Crippen molar-refractivity contribution >= 4 is 17.4 Å². The number of nitrogens with one attached hydrogen (secondary N) is 1. The molecule has 1 N–H and O–H groups in total. The van der Waals surface area contributed by atoms with E-state index in [0.717, 1.165) is 19.1 Å². The summed E-state index contributed by atoms with van der Waals surface area (Å²) in [6, 6.07) is -0.0246. The van der Waals surface area contributed by atoms with Crippen molar-refractivity contribution in [3.05, 3.63) is 53.1 Å². The summed E-state index contributed by atoms with van der Waals surface area (Å²) >= 11 is 6.15. The van der Waals surface area contributed by atoms with Gasteiger partial charge in [0.1, 0.15) is 34.3 Å². The molecule has 0 aliphatic heterocycles. The van der Waals surface area contributed by atoms with E-state index >= 15 is 0 Å². The zero-order valence-corrected chi connectivity index (χ0v) is 15.8. The SMILES string of the molecule is Cc1cc(F)c(-c2c(Cl)nc(-c3cnccn3)nc2N[C@@H](C)C(F)(F)F)c(F)c1. The number of aryl methyl sites for hydroxylation is 1. The maximum Gasteiger partial charge on any atom is 0.408 e. The van der Waals surface area contributed by atoms with E-state index in [1.807, 2.05) is 0 Å². The lowest BCUT2D eigenvalue weighted by atomic mass is 10.0. The number of aromatic nitrogens is 4. The molecule has 0 unspecified atom stereocenters. The number of rotatable bonds is 4. The standard InChI is InChI=1S/C18H13ClF5N5/c1-8-5-10(20)13(11(21)6-8)14-15(19)28-16(12-7-25-3-4-26-12)29-17(14)27-9(2)18(22,23)24/h3-7,9H,1-2H3,(H,27,28,29)/t9-/m0/s1. The Kier molecular flexibility index (Phi) is 5.65. The van der Waals surface area contributed by atoms with Crippen LogP contribution in [0.4, 0.5) is 27.8 Å². The van der Waals surface area contributed by atoms with Crippen LogP contribution in [0.15, 0.2) is 30.7 Å². The average molecular weight is 430 g/mol. The molecule has 0 radical (unpaired) electrons. The Hall–Kier alpha value is -2.88. The molecule has 2 aromatic heterocycles. The average Bonchev–Trinajstić information content (AvgIpc) is 2.62. The van der Waals surface area contributed by atoms with Crippen molar-refractivity contribution in [2.75, 3.05) is 5.32 Å². The van der Waals surface area contributed by atoms with E-state index in [4.69, 9.17) is 11.6 Å². The molecule has 1 aromatic carbocycles. The number of benzene rings is 1. The zero-order valence-electron chi connectivity index (χ0n) is 15.0. The van der Waals surface area contributed by atoms with Crippen LogP contribution in [0.5, 0.6) is 0 Å². The number of anilines is 1. The number of halogens is 6. The van der Waals surface area contributed by atoms with Gasteiger partial charge in [-0.25, -0.2) is 23.7 Å². The molecule has 3 rings (SSSR count). The summed E-state index contributed by atoms with van der Waals surface area (Å²) in [4.78, 5) is 15.7. The third kappa shape index (κ3) is 4.42. The van der Waals surface area contributed by atoms with Gasteiger partial charge in [-0.3, -0.25) is 4.98 Å². The second-order valence-corrected chi connectivity index (χ2v) is 6.52. The van der Waals surface area contributed by atoms with Crippen LogP contribution < -0.4 is 5.32 Å². The third-order valence-corrected chi connectivity index (χ3v) is 4.21. The minimum absolute atomic E-state index is 0.119. The molecule has 0 amide bonds. The van der Waals surface area contributed by atoms with E-state index < -0.39 is 46.0 Å². The number of alkyl halides is 3. The lowest BCUT2D eigenvalue weighted by Crippen LogP contribution is -2.33. The number of hydrogen-bond donors (Lipinski definition) is 1. The van der Waals surface area contributed by atoms with Crippen molar-refractivity contribution in [1.29, 1.82) is 0 Å². The van der Waals surface area contributed by atoms with Gasteiger partial charge in [0.2, 0.25) is 0 Å². The maximum absolute atomic E-state index is 14.5. The van der Waals surface area contributed by atoms with Crippen molar-refractivity contribution in [3.63, 3.8) is 0 Å². The Morgan fingerprint density at radius 3 is 2.24 bits per heavy atom. The van der Waals surface area contributed by atoms with Gasteiger partial charge >= 0.3 is 6.18 Å². The monoisotopic (exact) mass is 429 g/mol. The third-order valence-electron chi connectivity index (χ3n) is 3.94. The van der Waals surface area contributed by atoms with Crippen molar-refractivity contribution < 1.29 is 22.0 Å². The molecule has 0 spiro atoms. The second kappa shape index (κ2) is 7.86. The second-order valence-electron chi connectivity index (χ2n) is 6.16. The Labute approximate surface area is 167 Å². The molecule has 0 aliphatic carbocycles. The first-order valence-corrected chi connectivity index (χ1v) is 8.59. The maximum atomic E-state index is 14.5. The summed E-state index contributed by atoms with van der Waals surface area (Å²) in [7, 11) is 0. The summed E-state index contributed by atoms with van der Waals surface area (Å²) in [5.41, 5.74) is -0.655.